The first-order chi connectivity index (χ1) is 7.59. The van der Waals surface area contributed by atoms with Crippen LogP contribution < -0.4 is 5.32 Å². The van der Waals surface area contributed by atoms with Gasteiger partial charge in [-0.2, -0.15) is 5.26 Å². The lowest BCUT2D eigenvalue weighted by Crippen LogP contribution is -2.44. The normalized spacial score (nSPS) is 25.2. The maximum Gasteiger partial charge on any atom is 0.105 e. The molecule has 2 atom stereocenters. The Morgan fingerprint density at radius 3 is 2.81 bits per heavy atom. The summed E-state index contributed by atoms with van der Waals surface area (Å²) in [5, 5.41) is 12.5. The third-order valence-electron chi connectivity index (χ3n) is 3.45. The highest BCUT2D eigenvalue weighted by Gasteiger charge is 2.25. The van der Waals surface area contributed by atoms with Crippen LogP contribution in [0, 0.1) is 17.2 Å². The zero-order valence-corrected chi connectivity index (χ0v) is 10.9. The number of hydrogen-bond acceptors (Lipinski definition) is 3. The van der Waals surface area contributed by atoms with E-state index in [0.29, 0.717) is 0 Å². The minimum Gasteiger partial charge on any atom is -0.303 e. The number of nitrogens with one attached hydrogen (secondary N) is 1. The van der Waals surface area contributed by atoms with Gasteiger partial charge in [-0.05, 0) is 45.2 Å². The zero-order valence-electron chi connectivity index (χ0n) is 10.9. The van der Waals surface area contributed by atoms with Gasteiger partial charge in [0.1, 0.15) is 5.54 Å². The Morgan fingerprint density at radius 1 is 1.56 bits per heavy atom. The minimum absolute atomic E-state index is 0.345. The highest BCUT2D eigenvalue weighted by Crippen LogP contribution is 2.17. The first-order valence-electron chi connectivity index (χ1n) is 6.48. The van der Waals surface area contributed by atoms with Crippen LogP contribution in [-0.4, -0.2) is 36.6 Å². The summed E-state index contributed by atoms with van der Waals surface area (Å²) in [6.07, 6.45) is 3.32. The Labute approximate surface area is 99.8 Å². The van der Waals surface area contributed by atoms with Gasteiger partial charge in [-0.15, -0.1) is 0 Å². The van der Waals surface area contributed by atoms with Gasteiger partial charge in [-0.1, -0.05) is 13.8 Å². The molecule has 0 aromatic rings. The summed E-state index contributed by atoms with van der Waals surface area (Å²) in [6, 6.07) is 2.41. The van der Waals surface area contributed by atoms with Crippen LogP contribution in [0.25, 0.3) is 0 Å². The van der Waals surface area contributed by atoms with E-state index in [4.69, 9.17) is 0 Å². The number of likely N-dealkylation sites (tertiary alicyclic amines) is 1. The van der Waals surface area contributed by atoms with E-state index in [0.717, 1.165) is 31.8 Å². The molecule has 92 valence electrons. The SMILES string of the molecule is CCCNC(C)(C#N)CCN1CCC(C)C1. The van der Waals surface area contributed by atoms with Crippen molar-refractivity contribution >= 4 is 0 Å². The first kappa shape index (κ1) is 13.5. The molecule has 3 nitrogen and oxygen atoms in total. The van der Waals surface area contributed by atoms with Crippen molar-refractivity contribution < 1.29 is 0 Å². The molecule has 1 aliphatic rings. The Bertz CT molecular complexity index is 246. The fourth-order valence-corrected chi connectivity index (χ4v) is 2.20. The summed E-state index contributed by atoms with van der Waals surface area (Å²) in [4.78, 5) is 2.48. The zero-order chi connectivity index (χ0) is 12.0. The molecule has 0 aromatic carbocycles. The van der Waals surface area contributed by atoms with Gasteiger partial charge in [0.15, 0.2) is 0 Å². The molecule has 0 aromatic heterocycles. The lowest BCUT2D eigenvalue weighted by Gasteiger charge is -2.26. The summed E-state index contributed by atoms with van der Waals surface area (Å²) in [5.41, 5.74) is -0.345. The number of nitrogens with zero attached hydrogens (tertiary/aromatic N) is 2. The van der Waals surface area contributed by atoms with Crippen LogP contribution in [-0.2, 0) is 0 Å². The third kappa shape index (κ3) is 4.11. The summed E-state index contributed by atoms with van der Waals surface area (Å²) >= 11 is 0. The molecule has 2 unspecified atom stereocenters. The van der Waals surface area contributed by atoms with Gasteiger partial charge in [0.2, 0.25) is 0 Å². The molecule has 0 bridgehead atoms. The van der Waals surface area contributed by atoms with Crippen molar-refractivity contribution in [3.8, 4) is 6.07 Å². The number of rotatable bonds is 6. The summed E-state index contributed by atoms with van der Waals surface area (Å²) < 4.78 is 0. The van der Waals surface area contributed by atoms with E-state index in [1.165, 1.54) is 19.5 Å². The lowest BCUT2D eigenvalue weighted by atomic mass is 9.99. The fourth-order valence-electron chi connectivity index (χ4n) is 2.20. The van der Waals surface area contributed by atoms with Crippen LogP contribution in [0.1, 0.15) is 40.0 Å². The topological polar surface area (TPSA) is 39.1 Å². The van der Waals surface area contributed by atoms with Crippen molar-refractivity contribution in [3.05, 3.63) is 0 Å². The molecule has 0 spiro atoms. The molecule has 3 heteroatoms. The maximum absolute atomic E-state index is 9.21. The van der Waals surface area contributed by atoms with E-state index in [1.54, 1.807) is 0 Å². The van der Waals surface area contributed by atoms with E-state index >= 15 is 0 Å². The van der Waals surface area contributed by atoms with E-state index < -0.39 is 0 Å². The van der Waals surface area contributed by atoms with Gasteiger partial charge >= 0.3 is 0 Å². The highest BCUT2D eigenvalue weighted by atomic mass is 15.1. The second-order valence-corrected chi connectivity index (χ2v) is 5.32. The van der Waals surface area contributed by atoms with Crippen molar-refractivity contribution in [3.63, 3.8) is 0 Å². The van der Waals surface area contributed by atoms with E-state index in [9.17, 15) is 5.26 Å². The van der Waals surface area contributed by atoms with Crippen LogP contribution in [0.15, 0.2) is 0 Å². The van der Waals surface area contributed by atoms with Crippen LogP contribution >= 0.6 is 0 Å². The molecule has 0 saturated carbocycles. The molecule has 1 heterocycles. The average molecular weight is 223 g/mol. The molecule has 1 aliphatic heterocycles. The largest absolute Gasteiger partial charge is 0.303 e. The van der Waals surface area contributed by atoms with Gasteiger partial charge in [-0.3, -0.25) is 5.32 Å². The first-order valence-corrected chi connectivity index (χ1v) is 6.48. The van der Waals surface area contributed by atoms with Crippen molar-refractivity contribution in [2.75, 3.05) is 26.2 Å². The monoisotopic (exact) mass is 223 g/mol. The minimum atomic E-state index is -0.345. The molecule has 1 fully saturated rings. The molecular weight excluding hydrogens is 198 g/mol. The summed E-state index contributed by atoms with van der Waals surface area (Å²) in [5.74, 6) is 0.831. The van der Waals surface area contributed by atoms with Gasteiger partial charge in [0.05, 0.1) is 6.07 Å². The molecule has 0 amide bonds. The van der Waals surface area contributed by atoms with Crippen molar-refractivity contribution in [2.45, 2.75) is 45.6 Å². The predicted octanol–water partition coefficient (Wildman–Crippen LogP) is 2.00. The summed E-state index contributed by atoms with van der Waals surface area (Å²) in [7, 11) is 0. The Balaban J connectivity index is 2.30. The second kappa shape index (κ2) is 6.22. The van der Waals surface area contributed by atoms with Crippen LogP contribution in [0.3, 0.4) is 0 Å². The fraction of sp³-hybridized carbons (Fsp3) is 0.923. The molecular formula is C13H25N3. The van der Waals surface area contributed by atoms with Gasteiger partial charge in [0, 0.05) is 13.1 Å². The molecule has 1 N–H and O–H groups in total. The van der Waals surface area contributed by atoms with Crippen molar-refractivity contribution in [1.82, 2.24) is 10.2 Å². The quantitative estimate of drug-likeness (QED) is 0.748. The predicted molar refractivity (Wildman–Crippen MR) is 67.1 cm³/mol. The molecule has 0 radical (unpaired) electrons. The maximum atomic E-state index is 9.21. The van der Waals surface area contributed by atoms with Gasteiger partial charge < -0.3 is 4.90 Å². The third-order valence-corrected chi connectivity index (χ3v) is 3.45. The second-order valence-electron chi connectivity index (χ2n) is 5.32. The van der Waals surface area contributed by atoms with Crippen molar-refractivity contribution in [2.24, 2.45) is 5.92 Å². The van der Waals surface area contributed by atoms with Crippen LogP contribution in [0.5, 0.6) is 0 Å². The molecule has 1 saturated heterocycles. The van der Waals surface area contributed by atoms with Crippen LogP contribution in [0.4, 0.5) is 0 Å². The van der Waals surface area contributed by atoms with E-state index in [2.05, 4.69) is 30.1 Å². The Kier molecular flexibility index (Phi) is 5.24. The standard InChI is InChI=1S/C13H25N3/c1-4-7-15-13(3,11-14)6-9-16-8-5-12(2)10-16/h12,15H,4-10H2,1-3H3. The number of nitriles is 1. The number of hydrogen-bond donors (Lipinski definition) is 1. The van der Waals surface area contributed by atoms with Gasteiger partial charge in [0.25, 0.3) is 0 Å². The molecule has 16 heavy (non-hydrogen) atoms. The summed E-state index contributed by atoms with van der Waals surface area (Å²) in [6.45, 7) is 10.8. The smallest absolute Gasteiger partial charge is 0.105 e. The average Bonchev–Trinajstić information content (AvgIpc) is 2.70. The van der Waals surface area contributed by atoms with Gasteiger partial charge in [-0.25, -0.2) is 0 Å². The molecule has 1 rings (SSSR count). The Morgan fingerprint density at radius 2 is 2.31 bits per heavy atom. The van der Waals surface area contributed by atoms with Crippen LogP contribution in [0.2, 0.25) is 0 Å². The Hall–Kier alpha value is -0.590. The highest BCUT2D eigenvalue weighted by molar-refractivity contribution is 5.04. The lowest BCUT2D eigenvalue weighted by molar-refractivity contribution is 0.283. The van der Waals surface area contributed by atoms with Crippen molar-refractivity contribution in [1.29, 1.82) is 5.26 Å². The molecule has 0 aliphatic carbocycles. The van der Waals surface area contributed by atoms with E-state index in [-0.39, 0.29) is 5.54 Å². The van der Waals surface area contributed by atoms with E-state index in [1.807, 2.05) is 6.92 Å².